The molecule has 0 aliphatic rings. The van der Waals surface area contributed by atoms with E-state index in [0.29, 0.717) is 11.4 Å². The lowest BCUT2D eigenvalue weighted by atomic mass is 9.99. The van der Waals surface area contributed by atoms with E-state index in [2.05, 4.69) is 10.6 Å². The monoisotopic (exact) mass is 277 g/mol. The first-order chi connectivity index (χ1) is 9.36. The number of amides is 2. The van der Waals surface area contributed by atoms with Gasteiger partial charge >= 0.3 is 0 Å². The number of hydrogen-bond donors (Lipinski definition) is 3. The average Bonchev–Trinajstić information content (AvgIpc) is 2.40. The molecule has 2 atom stereocenters. The van der Waals surface area contributed by atoms with Crippen LogP contribution in [0.2, 0.25) is 0 Å². The van der Waals surface area contributed by atoms with Crippen LogP contribution < -0.4 is 16.4 Å². The van der Waals surface area contributed by atoms with Crippen molar-refractivity contribution in [1.82, 2.24) is 0 Å². The van der Waals surface area contributed by atoms with Gasteiger partial charge in [0.15, 0.2) is 0 Å². The van der Waals surface area contributed by atoms with E-state index in [4.69, 9.17) is 5.73 Å². The zero-order valence-corrected chi connectivity index (χ0v) is 12.5. The van der Waals surface area contributed by atoms with Crippen LogP contribution in [0, 0.1) is 12.8 Å². The number of benzene rings is 1. The minimum absolute atomic E-state index is 0.119. The zero-order chi connectivity index (χ0) is 15.3. The van der Waals surface area contributed by atoms with E-state index in [-0.39, 0.29) is 17.7 Å². The molecule has 0 radical (unpaired) electrons. The molecule has 20 heavy (non-hydrogen) atoms. The predicted octanol–water partition coefficient (Wildman–Crippen LogP) is 2.27. The maximum Gasteiger partial charge on any atom is 0.241 e. The molecule has 0 saturated carbocycles. The molecule has 1 aromatic carbocycles. The summed E-state index contributed by atoms with van der Waals surface area (Å²) in [6.45, 7) is 7.24. The average molecular weight is 277 g/mol. The van der Waals surface area contributed by atoms with Crippen LogP contribution in [0.3, 0.4) is 0 Å². The Hall–Kier alpha value is -1.88. The molecule has 2 amide bonds. The van der Waals surface area contributed by atoms with Crippen LogP contribution in [0.4, 0.5) is 11.4 Å². The van der Waals surface area contributed by atoms with Crippen LogP contribution in [0.15, 0.2) is 18.2 Å². The molecule has 0 aromatic heterocycles. The molecule has 0 spiro atoms. The molecular weight excluding hydrogens is 254 g/mol. The summed E-state index contributed by atoms with van der Waals surface area (Å²) in [4.78, 5) is 23.2. The van der Waals surface area contributed by atoms with Gasteiger partial charge in [-0.15, -0.1) is 0 Å². The Morgan fingerprint density at radius 2 is 1.80 bits per heavy atom. The van der Waals surface area contributed by atoms with E-state index < -0.39 is 6.04 Å². The van der Waals surface area contributed by atoms with Gasteiger partial charge in [-0.3, -0.25) is 9.59 Å². The molecule has 4 N–H and O–H groups in total. The molecule has 0 fully saturated rings. The fourth-order valence-corrected chi connectivity index (χ4v) is 1.82. The van der Waals surface area contributed by atoms with Crippen molar-refractivity contribution in [2.24, 2.45) is 11.7 Å². The first-order valence-electron chi connectivity index (χ1n) is 6.80. The summed E-state index contributed by atoms with van der Waals surface area (Å²) in [5, 5.41) is 5.55. The fourth-order valence-electron chi connectivity index (χ4n) is 1.82. The van der Waals surface area contributed by atoms with E-state index in [0.717, 1.165) is 12.0 Å². The Morgan fingerprint density at radius 1 is 1.25 bits per heavy atom. The highest BCUT2D eigenvalue weighted by atomic mass is 16.2. The SMILES string of the molecule is CCC(C)C(N)C(=O)Nc1cccc(NC(C)=O)c1C. The predicted molar refractivity (Wildman–Crippen MR) is 81.5 cm³/mol. The molecule has 5 heteroatoms. The largest absolute Gasteiger partial charge is 0.326 e. The normalized spacial score (nSPS) is 13.4. The Morgan fingerprint density at radius 3 is 2.30 bits per heavy atom. The van der Waals surface area contributed by atoms with Gasteiger partial charge < -0.3 is 16.4 Å². The van der Waals surface area contributed by atoms with Gasteiger partial charge in [0.2, 0.25) is 11.8 Å². The Balaban J connectivity index is 2.88. The van der Waals surface area contributed by atoms with Gasteiger partial charge in [0, 0.05) is 18.3 Å². The lowest BCUT2D eigenvalue weighted by molar-refractivity contribution is -0.118. The third-order valence-electron chi connectivity index (χ3n) is 3.46. The van der Waals surface area contributed by atoms with Gasteiger partial charge in [0.25, 0.3) is 0 Å². The van der Waals surface area contributed by atoms with E-state index in [1.807, 2.05) is 20.8 Å². The molecule has 0 aliphatic heterocycles. The lowest BCUT2D eigenvalue weighted by Crippen LogP contribution is -2.40. The molecule has 1 rings (SSSR count). The number of anilines is 2. The van der Waals surface area contributed by atoms with E-state index in [1.165, 1.54) is 6.92 Å². The van der Waals surface area contributed by atoms with Crippen molar-refractivity contribution in [3.63, 3.8) is 0 Å². The first-order valence-corrected chi connectivity index (χ1v) is 6.80. The Labute approximate surface area is 119 Å². The summed E-state index contributed by atoms with van der Waals surface area (Å²) in [6, 6.07) is 4.83. The molecular formula is C15H23N3O2. The highest BCUT2D eigenvalue weighted by Gasteiger charge is 2.20. The molecule has 5 nitrogen and oxygen atoms in total. The van der Waals surface area contributed by atoms with Crippen molar-refractivity contribution >= 4 is 23.2 Å². The minimum Gasteiger partial charge on any atom is -0.326 e. The van der Waals surface area contributed by atoms with Crippen LogP contribution in [0.25, 0.3) is 0 Å². The third kappa shape index (κ3) is 4.06. The van der Waals surface area contributed by atoms with Gasteiger partial charge in [-0.25, -0.2) is 0 Å². The number of hydrogen-bond acceptors (Lipinski definition) is 3. The second-order valence-electron chi connectivity index (χ2n) is 5.06. The zero-order valence-electron chi connectivity index (χ0n) is 12.5. The number of carbonyl (C=O) groups is 2. The maximum atomic E-state index is 12.1. The van der Waals surface area contributed by atoms with Gasteiger partial charge in [-0.2, -0.15) is 0 Å². The van der Waals surface area contributed by atoms with Gasteiger partial charge in [0.05, 0.1) is 6.04 Å². The topological polar surface area (TPSA) is 84.2 Å². The smallest absolute Gasteiger partial charge is 0.241 e. The summed E-state index contributed by atoms with van der Waals surface area (Å²) in [5.74, 6) is -0.232. The molecule has 2 unspecified atom stereocenters. The van der Waals surface area contributed by atoms with Gasteiger partial charge in [-0.05, 0) is 30.5 Å². The summed E-state index contributed by atoms with van der Waals surface area (Å²) < 4.78 is 0. The first kappa shape index (κ1) is 16.2. The molecule has 1 aromatic rings. The van der Waals surface area contributed by atoms with Crippen LogP contribution in [0.5, 0.6) is 0 Å². The van der Waals surface area contributed by atoms with E-state index in [1.54, 1.807) is 18.2 Å². The van der Waals surface area contributed by atoms with Crippen molar-refractivity contribution < 1.29 is 9.59 Å². The van der Waals surface area contributed by atoms with Crippen molar-refractivity contribution in [2.75, 3.05) is 10.6 Å². The van der Waals surface area contributed by atoms with Crippen molar-refractivity contribution in [3.8, 4) is 0 Å². The van der Waals surface area contributed by atoms with Crippen LogP contribution in [-0.4, -0.2) is 17.9 Å². The maximum absolute atomic E-state index is 12.1. The summed E-state index contributed by atoms with van der Waals surface area (Å²) in [7, 11) is 0. The number of nitrogens with two attached hydrogens (primary N) is 1. The summed E-state index contributed by atoms with van der Waals surface area (Å²) in [5.41, 5.74) is 8.07. The fraction of sp³-hybridized carbons (Fsp3) is 0.467. The minimum atomic E-state index is -0.538. The van der Waals surface area contributed by atoms with Gasteiger partial charge in [0.1, 0.15) is 0 Å². The summed E-state index contributed by atoms with van der Waals surface area (Å²) >= 11 is 0. The second-order valence-corrected chi connectivity index (χ2v) is 5.06. The van der Waals surface area contributed by atoms with Crippen LogP contribution >= 0.6 is 0 Å². The number of rotatable bonds is 5. The van der Waals surface area contributed by atoms with Gasteiger partial charge in [-0.1, -0.05) is 26.3 Å². The quantitative estimate of drug-likeness (QED) is 0.772. The third-order valence-corrected chi connectivity index (χ3v) is 3.46. The van der Waals surface area contributed by atoms with Crippen molar-refractivity contribution in [1.29, 1.82) is 0 Å². The molecule has 0 aliphatic carbocycles. The van der Waals surface area contributed by atoms with Crippen molar-refractivity contribution in [3.05, 3.63) is 23.8 Å². The number of carbonyl (C=O) groups excluding carboxylic acids is 2. The molecule has 0 bridgehead atoms. The standard InChI is InChI=1S/C15H23N3O2/c1-5-9(2)14(16)15(20)18-13-8-6-7-12(10(13)3)17-11(4)19/h6-9,14H,5,16H2,1-4H3,(H,17,19)(H,18,20). The molecule has 110 valence electrons. The highest BCUT2D eigenvalue weighted by molar-refractivity contribution is 5.97. The summed E-state index contributed by atoms with van der Waals surface area (Å²) in [6.07, 6.45) is 0.847. The Kier molecular flexibility index (Phi) is 5.70. The van der Waals surface area contributed by atoms with E-state index >= 15 is 0 Å². The van der Waals surface area contributed by atoms with Crippen LogP contribution in [0.1, 0.15) is 32.8 Å². The lowest BCUT2D eigenvalue weighted by Gasteiger charge is -2.19. The number of nitrogens with one attached hydrogen (secondary N) is 2. The van der Waals surface area contributed by atoms with Crippen molar-refractivity contribution in [2.45, 2.75) is 40.2 Å². The van der Waals surface area contributed by atoms with E-state index in [9.17, 15) is 9.59 Å². The molecule has 0 heterocycles. The highest BCUT2D eigenvalue weighted by Crippen LogP contribution is 2.23. The second kappa shape index (κ2) is 7.05. The molecule has 0 saturated heterocycles. The van der Waals surface area contributed by atoms with Crippen LogP contribution in [-0.2, 0) is 9.59 Å². The Bertz CT molecular complexity index is 500.